The van der Waals surface area contributed by atoms with Crippen LogP contribution in [0, 0.1) is 6.92 Å². The van der Waals surface area contributed by atoms with Crippen LogP contribution < -0.4 is 14.8 Å². The lowest BCUT2D eigenvalue weighted by atomic mass is 10.2. The molecular formula is C21H29N3O5S. The third-order valence-corrected chi connectivity index (χ3v) is 6.24. The van der Waals surface area contributed by atoms with Gasteiger partial charge in [-0.2, -0.15) is 0 Å². The van der Waals surface area contributed by atoms with Gasteiger partial charge in [0.15, 0.2) is 11.5 Å². The highest BCUT2D eigenvalue weighted by atomic mass is 32.2. The van der Waals surface area contributed by atoms with E-state index in [0.29, 0.717) is 35.4 Å². The summed E-state index contributed by atoms with van der Waals surface area (Å²) in [7, 11) is 1.77. The van der Waals surface area contributed by atoms with Gasteiger partial charge in [0.2, 0.25) is 11.8 Å². The molecule has 1 aliphatic rings. The molecule has 8 nitrogen and oxygen atoms in total. The highest BCUT2D eigenvalue weighted by Crippen LogP contribution is 2.32. The lowest BCUT2D eigenvalue weighted by molar-refractivity contribution is -0.118. The Morgan fingerprint density at radius 3 is 2.67 bits per heavy atom. The molecule has 0 spiro atoms. The Labute approximate surface area is 179 Å². The summed E-state index contributed by atoms with van der Waals surface area (Å²) in [5, 5.41) is 2.85. The third kappa shape index (κ3) is 5.82. The fraction of sp³-hybridized carbons (Fsp3) is 0.524. The second kappa shape index (κ2) is 10.6. The van der Waals surface area contributed by atoms with E-state index in [2.05, 4.69) is 15.2 Å². The Balaban J connectivity index is 1.54. The molecule has 0 unspecified atom stereocenters. The van der Waals surface area contributed by atoms with Crippen molar-refractivity contribution in [1.29, 1.82) is 0 Å². The number of amides is 1. The van der Waals surface area contributed by atoms with Gasteiger partial charge in [-0.15, -0.1) is 0 Å². The molecule has 1 aliphatic heterocycles. The predicted octanol–water partition coefficient (Wildman–Crippen LogP) is 2.13. The van der Waals surface area contributed by atoms with Gasteiger partial charge < -0.3 is 24.1 Å². The molecule has 1 saturated heterocycles. The highest BCUT2D eigenvalue weighted by molar-refractivity contribution is 7.84. The van der Waals surface area contributed by atoms with Gasteiger partial charge in [-0.3, -0.25) is 9.00 Å². The Morgan fingerprint density at radius 1 is 1.23 bits per heavy atom. The van der Waals surface area contributed by atoms with Crippen LogP contribution in [0.25, 0.3) is 11.5 Å². The first-order valence-corrected chi connectivity index (χ1v) is 11.5. The van der Waals surface area contributed by atoms with Crippen LogP contribution in [0.5, 0.6) is 11.5 Å². The number of nitrogens with one attached hydrogen (secondary N) is 1. The van der Waals surface area contributed by atoms with Crippen molar-refractivity contribution < 1.29 is 22.9 Å². The van der Waals surface area contributed by atoms with Crippen LogP contribution in [0.2, 0.25) is 0 Å². The minimum atomic E-state index is -1.36. The number of likely N-dealkylation sites (tertiary alicyclic amines) is 1. The van der Waals surface area contributed by atoms with Crippen molar-refractivity contribution in [2.45, 2.75) is 25.5 Å². The molecule has 1 fully saturated rings. The van der Waals surface area contributed by atoms with Crippen LogP contribution in [0.4, 0.5) is 0 Å². The van der Waals surface area contributed by atoms with E-state index in [9.17, 15) is 9.00 Å². The molecule has 0 bridgehead atoms. The average Bonchev–Trinajstić information content (AvgIpc) is 3.37. The fourth-order valence-electron chi connectivity index (χ4n) is 3.42. The number of nitrogens with zero attached hydrogens (tertiary/aromatic N) is 2. The van der Waals surface area contributed by atoms with Gasteiger partial charge in [-0.1, -0.05) is 0 Å². The monoisotopic (exact) mass is 435 g/mol. The number of aryl methyl sites for hydroxylation is 1. The summed E-state index contributed by atoms with van der Waals surface area (Å²) < 4.78 is 28.8. The molecule has 2 aromatic rings. The topological polar surface area (TPSA) is 93.9 Å². The van der Waals surface area contributed by atoms with Crippen LogP contribution in [-0.2, 0) is 21.3 Å². The molecule has 0 radical (unpaired) electrons. The number of carbonyl (C=O) groups excluding carboxylic acids is 1. The SMILES string of the molecule is COc1ccc(-c2nc(C[S@@](=O)CC(=O)NCCN3CCCC3)c(C)o2)cc1OC. The maximum Gasteiger partial charge on any atom is 0.232 e. The zero-order valence-electron chi connectivity index (χ0n) is 17.7. The van der Waals surface area contributed by atoms with E-state index in [-0.39, 0.29) is 17.4 Å². The zero-order valence-corrected chi connectivity index (χ0v) is 18.5. The summed E-state index contributed by atoms with van der Waals surface area (Å²) in [6.07, 6.45) is 2.45. The molecule has 0 aliphatic carbocycles. The molecule has 2 heterocycles. The van der Waals surface area contributed by atoms with Crippen LogP contribution in [0.3, 0.4) is 0 Å². The van der Waals surface area contributed by atoms with Crippen molar-refractivity contribution in [3.05, 3.63) is 29.7 Å². The van der Waals surface area contributed by atoms with E-state index in [1.54, 1.807) is 33.3 Å². The maximum atomic E-state index is 12.4. The van der Waals surface area contributed by atoms with Crippen molar-refractivity contribution in [2.24, 2.45) is 0 Å². The number of hydrogen-bond donors (Lipinski definition) is 1. The second-order valence-corrected chi connectivity index (χ2v) is 8.68. The summed E-state index contributed by atoms with van der Waals surface area (Å²) in [6.45, 7) is 5.39. The lowest BCUT2D eigenvalue weighted by Gasteiger charge is -2.14. The molecular weight excluding hydrogens is 406 g/mol. The van der Waals surface area contributed by atoms with Gasteiger partial charge in [0.1, 0.15) is 11.5 Å². The minimum Gasteiger partial charge on any atom is -0.493 e. The summed E-state index contributed by atoms with van der Waals surface area (Å²) in [5.41, 5.74) is 1.32. The van der Waals surface area contributed by atoms with E-state index in [1.807, 2.05) is 6.07 Å². The van der Waals surface area contributed by atoms with Crippen LogP contribution in [-0.4, -0.2) is 66.2 Å². The van der Waals surface area contributed by atoms with Gasteiger partial charge in [0, 0.05) is 29.5 Å². The number of benzene rings is 1. The first-order chi connectivity index (χ1) is 14.5. The minimum absolute atomic E-state index is 0.0437. The Morgan fingerprint density at radius 2 is 1.97 bits per heavy atom. The number of methoxy groups -OCH3 is 2. The molecule has 164 valence electrons. The van der Waals surface area contributed by atoms with E-state index >= 15 is 0 Å². The number of ether oxygens (including phenoxy) is 2. The molecule has 1 aromatic carbocycles. The largest absolute Gasteiger partial charge is 0.493 e. The highest BCUT2D eigenvalue weighted by Gasteiger charge is 2.18. The van der Waals surface area contributed by atoms with E-state index in [0.717, 1.165) is 25.2 Å². The predicted molar refractivity (Wildman–Crippen MR) is 115 cm³/mol. The molecule has 1 amide bonds. The zero-order chi connectivity index (χ0) is 21.5. The van der Waals surface area contributed by atoms with E-state index in [1.165, 1.54) is 12.8 Å². The average molecular weight is 436 g/mol. The molecule has 3 rings (SSSR count). The van der Waals surface area contributed by atoms with Crippen molar-refractivity contribution >= 4 is 16.7 Å². The van der Waals surface area contributed by atoms with Crippen LogP contribution in [0.1, 0.15) is 24.3 Å². The number of rotatable bonds is 10. The summed E-state index contributed by atoms with van der Waals surface area (Å²) in [6, 6.07) is 5.37. The quantitative estimate of drug-likeness (QED) is 0.611. The fourth-order valence-corrected chi connectivity index (χ4v) is 4.48. The standard InChI is InChI=1S/C21H29N3O5S/c1-15-17(13-30(26)14-20(25)22-8-11-24-9-4-5-10-24)23-21(29-15)16-6-7-18(27-2)19(12-16)28-3/h6-7,12H,4-5,8-11,13-14H2,1-3H3,(H,22,25)/t30-/m1/s1. The molecule has 1 atom stereocenters. The third-order valence-electron chi connectivity index (χ3n) is 5.06. The number of oxazole rings is 1. The van der Waals surface area contributed by atoms with Crippen molar-refractivity contribution in [2.75, 3.05) is 46.2 Å². The van der Waals surface area contributed by atoms with Gasteiger partial charge >= 0.3 is 0 Å². The molecule has 1 aromatic heterocycles. The second-order valence-electron chi connectivity index (χ2n) is 7.22. The number of aromatic nitrogens is 1. The summed E-state index contributed by atoms with van der Waals surface area (Å²) in [5.74, 6) is 2.11. The number of carbonyl (C=O) groups is 1. The molecule has 30 heavy (non-hydrogen) atoms. The molecule has 0 saturated carbocycles. The first-order valence-electron chi connectivity index (χ1n) is 10.0. The van der Waals surface area contributed by atoms with E-state index < -0.39 is 10.8 Å². The van der Waals surface area contributed by atoms with Crippen molar-refractivity contribution in [1.82, 2.24) is 15.2 Å². The van der Waals surface area contributed by atoms with Crippen molar-refractivity contribution in [3.8, 4) is 23.0 Å². The first kappa shape index (κ1) is 22.3. The Kier molecular flexibility index (Phi) is 7.87. The molecule has 1 N–H and O–H groups in total. The van der Waals surface area contributed by atoms with Gasteiger partial charge in [0.05, 0.1) is 25.7 Å². The maximum absolute atomic E-state index is 12.4. The Bertz CT molecular complexity index is 893. The lowest BCUT2D eigenvalue weighted by Crippen LogP contribution is -2.35. The van der Waals surface area contributed by atoms with Crippen molar-refractivity contribution in [3.63, 3.8) is 0 Å². The van der Waals surface area contributed by atoms with Gasteiger partial charge in [-0.05, 0) is 51.1 Å². The van der Waals surface area contributed by atoms with E-state index in [4.69, 9.17) is 13.9 Å². The Hall–Kier alpha value is -2.39. The van der Waals surface area contributed by atoms with Gasteiger partial charge in [0.25, 0.3) is 0 Å². The number of hydrogen-bond acceptors (Lipinski definition) is 7. The van der Waals surface area contributed by atoms with Crippen LogP contribution >= 0.6 is 0 Å². The summed E-state index contributed by atoms with van der Waals surface area (Å²) in [4.78, 5) is 18.9. The van der Waals surface area contributed by atoms with Gasteiger partial charge in [-0.25, -0.2) is 4.98 Å². The van der Waals surface area contributed by atoms with Crippen LogP contribution in [0.15, 0.2) is 22.6 Å². The normalized spacial score (nSPS) is 15.2. The molecule has 9 heteroatoms. The summed E-state index contributed by atoms with van der Waals surface area (Å²) >= 11 is 0. The smallest absolute Gasteiger partial charge is 0.232 e.